The molecule has 44 heavy (non-hydrogen) atoms. The molecule has 1 aliphatic heterocycles. The molecule has 0 radical (unpaired) electrons. The van der Waals surface area contributed by atoms with Crippen molar-refractivity contribution in [1.29, 1.82) is 0 Å². The number of carbonyl (C=O) groups is 3. The fourth-order valence-electron chi connectivity index (χ4n) is 4.91. The van der Waals surface area contributed by atoms with Gasteiger partial charge < -0.3 is 25.1 Å². The van der Waals surface area contributed by atoms with Gasteiger partial charge in [0.05, 0.1) is 13.5 Å². The van der Waals surface area contributed by atoms with Crippen LogP contribution in [0.25, 0.3) is 0 Å². The van der Waals surface area contributed by atoms with Gasteiger partial charge in [-0.05, 0) is 54.2 Å². The number of aryl methyl sites for hydroxylation is 1. The Morgan fingerprint density at radius 1 is 1.07 bits per heavy atom. The SMILES string of the molecule is COc1cc(CCC(=O)[C@@H](CC2CCCCC2)N=C(N)NC(=O)Cc2ccc3c(c2)OCO3)ccc1F.O=C(O)C(F)(F)F. The predicted molar refractivity (Wildman–Crippen MR) is 151 cm³/mol. The highest BCUT2D eigenvalue weighted by Crippen LogP contribution is 2.32. The first kappa shape index (κ1) is 34.1. The van der Waals surface area contributed by atoms with Crippen LogP contribution in [-0.2, 0) is 27.2 Å². The molecule has 2 aromatic rings. The molecule has 2 aliphatic rings. The van der Waals surface area contributed by atoms with Gasteiger partial charge in [0, 0.05) is 6.42 Å². The average Bonchev–Trinajstić information content (AvgIpc) is 3.44. The zero-order valence-corrected chi connectivity index (χ0v) is 24.1. The van der Waals surface area contributed by atoms with Crippen molar-refractivity contribution in [2.75, 3.05) is 13.9 Å². The first-order valence-corrected chi connectivity index (χ1v) is 14.0. The van der Waals surface area contributed by atoms with Gasteiger partial charge in [0.25, 0.3) is 0 Å². The minimum Gasteiger partial charge on any atom is -0.494 e. The zero-order chi connectivity index (χ0) is 32.3. The number of amides is 1. The molecule has 1 amide bonds. The van der Waals surface area contributed by atoms with Gasteiger partial charge in [-0.25, -0.2) is 14.2 Å². The summed E-state index contributed by atoms with van der Waals surface area (Å²) < 4.78 is 61.2. The summed E-state index contributed by atoms with van der Waals surface area (Å²) in [5.74, 6) is -1.86. The second-order valence-corrected chi connectivity index (χ2v) is 10.4. The van der Waals surface area contributed by atoms with E-state index < -0.39 is 24.0 Å². The standard InChI is InChI=1S/C28H34FN3O5.C2HF3O2/c1-35-25-14-19(7-10-21(25)29)8-11-23(33)22(13-18-5-3-2-4-6-18)31-28(30)32-27(34)16-20-9-12-24-26(15-20)37-17-36-24;3-2(4,5)1(6)7/h7,9-10,12,14-15,18,22H,2-6,8,11,13,16-17H2,1H3,(H3,30,31,32,34);(H,6,7)/t22-;/m1./s1. The highest BCUT2D eigenvalue weighted by Gasteiger charge is 2.38. The van der Waals surface area contributed by atoms with Crippen molar-refractivity contribution in [1.82, 2.24) is 5.32 Å². The largest absolute Gasteiger partial charge is 0.494 e. The summed E-state index contributed by atoms with van der Waals surface area (Å²) >= 11 is 0. The van der Waals surface area contributed by atoms with E-state index in [0.717, 1.165) is 36.8 Å². The highest BCUT2D eigenvalue weighted by molar-refractivity contribution is 5.98. The number of aliphatic imine (C=N–C) groups is 1. The lowest BCUT2D eigenvalue weighted by atomic mass is 9.83. The molecular formula is C30H35F4N3O7. The summed E-state index contributed by atoms with van der Waals surface area (Å²) in [4.78, 5) is 39.2. The smallest absolute Gasteiger partial charge is 0.490 e. The van der Waals surface area contributed by atoms with Gasteiger partial charge in [-0.2, -0.15) is 13.2 Å². The maximum atomic E-state index is 13.7. The van der Waals surface area contributed by atoms with Crippen LogP contribution in [0.15, 0.2) is 41.4 Å². The van der Waals surface area contributed by atoms with Gasteiger partial charge in [-0.1, -0.05) is 44.2 Å². The Morgan fingerprint density at radius 2 is 1.73 bits per heavy atom. The van der Waals surface area contributed by atoms with Crippen LogP contribution < -0.4 is 25.3 Å². The van der Waals surface area contributed by atoms with Gasteiger partial charge in [-0.3, -0.25) is 14.9 Å². The van der Waals surface area contributed by atoms with E-state index in [1.807, 2.05) is 0 Å². The Morgan fingerprint density at radius 3 is 2.39 bits per heavy atom. The molecule has 0 spiro atoms. The molecule has 14 heteroatoms. The molecule has 0 aromatic heterocycles. The summed E-state index contributed by atoms with van der Waals surface area (Å²) in [5.41, 5.74) is 7.64. The van der Waals surface area contributed by atoms with Gasteiger partial charge in [0.2, 0.25) is 12.7 Å². The number of nitrogens with two attached hydrogens (primary N) is 1. The van der Waals surface area contributed by atoms with Crippen LogP contribution in [0.2, 0.25) is 0 Å². The number of nitrogens with one attached hydrogen (secondary N) is 1. The zero-order valence-electron chi connectivity index (χ0n) is 24.1. The second kappa shape index (κ2) is 15.9. The number of carboxylic acid groups (broad SMARTS) is 1. The molecule has 1 atom stereocenters. The molecule has 1 heterocycles. The monoisotopic (exact) mass is 625 g/mol. The van der Waals surface area contributed by atoms with Crippen molar-refractivity contribution in [3.8, 4) is 17.2 Å². The summed E-state index contributed by atoms with van der Waals surface area (Å²) in [7, 11) is 1.41. The van der Waals surface area contributed by atoms with E-state index in [1.165, 1.54) is 19.6 Å². The number of hydrogen-bond acceptors (Lipinski definition) is 7. The van der Waals surface area contributed by atoms with Crippen molar-refractivity contribution in [3.05, 3.63) is 53.3 Å². The molecule has 1 saturated carbocycles. The molecule has 4 N–H and O–H groups in total. The summed E-state index contributed by atoms with van der Waals surface area (Å²) in [6, 6.07) is 9.26. The fraction of sp³-hybridized carbons (Fsp3) is 0.467. The average molecular weight is 626 g/mol. The number of ketones is 1. The third-order valence-electron chi connectivity index (χ3n) is 7.14. The van der Waals surface area contributed by atoms with E-state index in [4.69, 9.17) is 29.8 Å². The molecule has 0 saturated heterocycles. The lowest BCUT2D eigenvalue weighted by Crippen LogP contribution is -2.40. The molecular weight excluding hydrogens is 590 g/mol. The number of benzene rings is 2. The second-order valence-electron chi connectivity index (χ2n) is 10.4. The van der Waals surface area contributed by atoms with Crippen molar-refractivity contribution in [2.24, 2.45) is 16.6 Å². The number of rotatable bonds is 10. The summed E-state index contributed by atoms with van der Waals surface area (Å²) in [6.07, 6.45) is 1.89. The number of hydrogen-bond donors (Lipinski definition) is 3. The topological polar surface area (TPSA) is 150 Å². The summed E-state index contributed by atoms with van der Waals surface area (Å²) in [5, 5.41) is 9.75. The number of methoxy groups -OCH3 is 1. The van der Waals surface area contributed by atoms with Crippen molar-refractivity contribution < 1.29 is 51.3 Å². The molecule has 0 bridgehead atoms. The first-order chi connectivity index (χ1) is 20.8. The first-order valence-electron chi connectivity index (χ1n) is 14.0. The van der Waals surface area contributed by atoms with Crippen molar-refractivity contribution in [3.63, 3.8) is 0 Å². The van der Waals surface area contributed by atoms with E-state index in [9.17, 15) is 27.2 Å². The van der Waals surface area contributed by atoms with Crippen LogP contribution >= 0.6 is 0 Å². The maximum Gasteiger partial charge on any atom is 0.490 e. The number of carboxylic acids is 1. The normalized spacial score (nSPS) is 15.5. The van der Waals surface area contributed by atoms with Crippen LogP contribution in [0.1, 0.15) is 56.1 Å². The fourth-order valence-corrected chi connectivity index (χ4v) is 4.91. The number of Topliss-reactive ketones (excluding diaryl/α,β-unsaturated/α-hetero) is 1. The number of ether oxygens (including phenoxy) is 3. The predicted octanol–water partition coefficient (Wildman–Crippen LogP) is 4.71. The lowest BCUT2D eigenvalue weighted by molar-refractivity contribution is -0.192. The van der Waals surface area contributed by atoms with Crippen molar-refractivity contribution >= 4 is 23.6 Å². The molecule has 240 valence electrons. The Kier molecular flexibility index (Phi) is 12.4. The van der Waals surface area contributed by atoms with Crippen molar-refractivity contribution in [2.45, 2.75) is 70.0 Å². The minimum absolute atomic E-state index is 0.0539. The highest BCUT2D eigenvalue weighted by atomic mass is 19.4. The number of halogens is 4. The number of fused-ring (bicyclic) bond motifs is 1. The van der Waals surface area contributed by atoms with Gasteiger partial charge >= 0.3 is 12.1 Å². The third kappa shape index (κ3) is 10.7. The summed E-state index contributed by atoms with van der Waals surface area (Å²) in [6.45, 7) is 0.162. The van der Waals surface area contributed by atoms with Crippen LogP contribution in [-0.4, -0.2) is 54.8 Å². The maximum absolute atomic E-state index is 13.7. The van der Waals surface area contributed by atoms with Crippen LogP contribution in [0.4, 0.5) is 17.6 Å². The van der Waals surface area contributed by atoms with Crippen LogP contribution in [0, 0.1) is 11.7 Å². The number of nitrogens with zero attached hydrogens (tertiary/aromatic N) is 1. The number of aliphatic carboxylic acids is 1. The van der Waals surface area contributed by atoms with Gasteiger partial charge in [-0.15, -0.1) is 0 Å². The van der Waals surface area contributed by atoms with Crippen LogP contribution in [0.3, 0.4) is 0 Å². The van der Waals surface area contributed by atoms with Crippen LogP contribution in [0.5, 0.6) is 17.2 Å². The van der Waals surface area contributed by atoms with E-state index in [-0.39, 0.29) is 43.0 Å². The van der Waals surface area contributed by atoms with E-state index in [1.54, 1.807) is 30.3 Å². The Labute approximate surface area is 251 Å². The third-order valence-corrected chi connectivity index (χ3v) is 7.14. The molecule has 1 fully saturated rings. The lowest BCUT2D eigenvalue weighted by Gasteiger charge is -2.24. The van der Waals surface area contributed by atoms with Gasteiger partial charge in [0.15, 0.2) is 34.8 Å². The number of carbonyl (C=O) groups excluding carboxylic acids is 2. The molecule has 10 nitrogen and oxygen atoms in total. The number of alkyl halides is 3. The van der Waals surface area contributed by atoms with E-state index >= 15 is 0 Å². The Balaban J connectivity index is 0.000000676. The van der Waals surface area contributed by atoms with Gasteiger partial charge in [0.1, 0.15) is 6.04 Å². The quantitative estimate of drug-likeness (QED) is 0.195. The molecule has 1 aliphatic carbocycles. The Bertz CT molecular complexity index is 1340. The minimum atomic E-state index is -5.08. The van der Waals surface area contributed by atoms with E-state index in [0.29, 0.717) is 30.3 Å². The Hall–Kier alpha value is -4.36. The number of guanidine groups is 1. The molecule has 4 rings (SSSR count). The van der Waals surface area contributed by atoms with E-state index in [2.05, 4.69) is 10.3 Å². The molecule has 0 unspecified atom stereocenters. The molecule has 2 aromatic carbocycles.